The van der Waals surface area contributed by atoms with E-state index in [1.165, 1.54) is 24.3 Å². The Hall–Kier alpha value is -1.47. The molecule has 1 N–H and O–H groups in total. The summed E-state index contributed by atoms with van der Waals surface area (Å²) in [4.78, 5) is 0.188. The van der Waals surface area contributed by atoms with Gasteiger partial charge >= 0.3 is 0 Å². The van der Waals surface area contributed by atoms with E-state index >= 15 is 0 Å². The fraction of sp³-hybridized carbons (Fsp3) is 0.143. The first-order chi connectivity index (χ1) is 9.79. The van der Waals surface area contributed by atoms with E-state index in [-0.39, 0.29) is 21.5 Å². The quantitative estimate of drug-likeness (QED) is 0.827. The Morgan fingerprint density at radius 2 is 1.71 bits per heavy atom. The lowest BCUT2D eigenvalue weighted by Crippen LogP contribution is -2.05. The molecule has 0 bridgehead atoms. The van der Waals surface area contributed by atoms with E-state index in [9.17, 15) is 17.2 Å². The van der Waals surface area contributed by atoms with Gasteiger partial charge in [-0.2, -0.15) is 0 Å². The minimum atomic E-state index is -3.26. The number of rotatable bonds is 4. The monoisotopic (exact) mass is 375 g/mol. The Labute approximate surface area is 130 Å². The van der Waals surface area contributed by atoms with Crippen LogP contribution in [-0.2, 0) is 16.4 Å². The highest BCUT2D eigenvalue weighted by Gasteiger charge is 2.12. The van der Waals surface area contributed by atoms with Crippen molar-refractivity contribution in [2.45, 2.75) is 11.4 Å². The fourth-order valence-electron chi connectivity index (χ4n) is 1.74. The Morgan fingerprint density at radius 3 is 2.29 bits per heavy atom. The molecule has 0 aliphatic rings. The van der Waals surface area contributed by atoms with Gasteiger partial charge in [0, 0.05) is 24.1 Å². The summed E-state index contributed by atoms with van der Waals surface area (Å²) in [6, 6.07) is 8.44. The molecule has 2 rings (SSSR count). The summed E-state index contributed by atoms with van der Waals surface area (Å²) in [5.74, 6) is -1.30. The molecule has 7 heteroatoms. The highest BCUT2D eigenvalue weighted by molar-refractivity contribution is 9.10. The highest BCUT2D eigenvalue weighted by Crippen LogP contribution is 2.23. The van der Waals surface area contributed by atoms with Crippen molar-refractivity contribution in [2.24, 2.45) is 0 Å². The zero-order valence-corrected chi connectivity index (χ0v) is 13.4. The van der Waals surface area contributed by atoms with Crippen LogP contribution in [0.5, 0.6) is 0 Å². The molecule has 3 nitrogen and oxygen atoms in total. The fourth-order valence-corrected chi connectivity index (χ4v) is 2.74. The third-order valence-corrected chi connectivity index (χ3v) is 4.63. The minimum Gasteiger partial charge on any atom is -0.381 e. The van der Waals surface area contributed by atoms with Crippen molar-refractivity contribution >= 4 is 31.5 Å². The lowest BCUT2D eigenvalue weighted by atomic mass is 10.2. The van der Waals surface area contributed by atoms with Crippen LogP contribution in [0.1, 0.15) is 5.56 Å². The smallest absolute Gasteiger partial charge is 0.175 e. The van der Waals surface area contributed by atoms with E-state index < -0.39 is 21.5 Å². The molecule has 0 aliphatic heterocycles. The molecule has 0 radical (unpaired) electrons. The molecule has 0 heterocycles. The molecule has 0 aromatic heterocycles. The van der Waals surface area contributed by atoms with Gasteiger partial charge in [-0.1, -0.05) is 0 Å². The largest absolute Gasteiger partial charge is 0.381 e. The molecule has 0 atom stereocenters. The topological polar surface area (TPSA) is 46.2 Å². The molecular formula is C14H12BrF2NO2S. The van der Waals surface area contributed by atoms with E-state index in [0.29, 0.717) is 5.69 Å². The SMILES string of the molecule is CS(=O)(=O)c1ccc(NCc2c(F)ccc(Br)c2F)cc1. The number of nitrogens with one attached hydrogen (secondary N) is 1. The van der Waals surface area contributed by atoms with Crippen molar-refractivity contribution in [3.8, 4) is 0 Å². The van der Waals surface area contributed by atoms with Crippen LogP contribution in [0, 0.1) is 11.6 Å². The summed E-state index contributed by atoms with van der Waals surface area (Å²) in [5, 5.41) is 2.85. The van der Waals surface area contributed by atoms with E-state index in [1.54, 1.807) is 12.1 Å². The van der Waals surface area contributed by atoms with Crippen LogP contribution in [0.25, 0.3) is 0 Å². The Bertz CT molecular complexity index is 761. The first-order valence-corrected chi connectivity index (χ1v) is 8.64. The number of hydrogen-bond donors (Lipinski definition) is 1. The second-order valence-electron chi connectivity index (χ2n) is 4.47. The highest BCUT2D eigenvalue weighted by atomic mass is 79.9. The van der Waals surface area contributed by atoms with Crippen molar-refractivity contribution in [2.75, 3.05) is 11.6 Å². The van der Waals surface area contributed by atoms with Gasteiger partial charge in [0.15, 0.2) is 9.84 Å². The Morgan fingerprint density at radius 1 is 1.10 bits per heavy atom. The second-order valence-corrected chi connectivity index (χ2v) is 7.34. The summed E-state index contributed by atoms with van der Waals surface area (Å²) >= 11 is 3.00. The maximum Gasteiger partial charge on any atom is 0.175 e. The van der Waals surface area contributed by atoms with E-state index in [1.807, 2.05) is 0 Å². The molecule has 112 valence electrons. The Kier molecular flexibility index (Phi) is 4.63. The van der Waals surface area contributed by atoms with Gasteiger partial charge in [-0.15, -0.1) is 0 Å². The summed E-state index contributed by atoms with van der Waals surface area (Å²) in [5.41, 5.74) is 0.484. The van der Waals surface area contributed by atoms with E-state index in [4.69, 9.17) is 0 Å². The summed E-state index contributed by atoms with van der Waals surface area (Å²) < 4.78 is 50.2. The van der Waals surface area contributed by atoms with E-state index in [0.717, 1.165) is 6.26 Å². The summed E-state index contributed by atoms with van der Waals surface area (Å²) in [7, 11) is -3.26. The van der Waals surface area contributed by atoms with E-state index in [2.05, 4.69) is 21.2 Å². The third-order valence-electron chi connectivity index (χ3n) is 2.89. The van der Waals surface area contributed by atoms with Crippen LogP contribution in [0.2, 0.25) is 0 Å². The van der Waals surface area contributed by atoms with Crippen LogP contribution < -0.4 is 5.32 Å². The second kappa shape index (κ2) is 6.11. The maximum absolute atomic E-state index is 13.8. The van der Waals surface area contributed by atoms with Crippen molar-refractivity contribution in [1.82, 2.24) is 0 Å². The van der Waals surface area contributed by atoms with Gasteiger partial charge in [0.1, 0.15) is 11.6 Å². The first kappa shape index (κ1) is 15.9. The average Bonchev–Trinajstić information content (AvgIpc) is 2.43. The molecule has 0 fully saturated rings. The van der Waals surface area contributed by atoms with Crippen LogP contribution in [0.3, 0.4) is 0 Å². The predicted octanol–water partition coefficient (Wildman–Crippen LogP) is 3.74. The average molecular weight is 376 g/mol. The lowest BCUT2D eigenvalue weighted by Gasteiger charge is -2.10. The normalized spacial score (nSPS) is 11.4. The maximum atomic E-state index is 13.8. The minimum absolute atomic E-state index is 0.0463. The number of anilines is 1. The number of halogens is 3. The zero-order valence-electron chi connectivity index (χ0n) is 11.0. The van der Waals surface area contributed by atoms with Crippen molar-refractivity contribution in [3.63, 3.8) is 0 Å². The van der Waals surface area contributed by atoms with Gasteiger partial charge in [-0.05, 0) is 52.3 Å². The molecule has 0 unspecified atom stereocenters. The summed E-state index contributed by atoms with van der Waals surface area (Å²) in [6.45, 7) is -0.0463. The number of benzene rings is 2. The molecule has 21 heavy (non-hydrogen) atoms. The molecule has 0 saturated heterocycles. The predicted molar refractivity (Wildman–Crippen MR) is 80.9 cm³/mol. The Balaban J connectivity index is 2.16. The molecular weight excluding hydrogens is 364 g/mol. The molecule has 2 aromatic rings. The molecule has 0 spiro atoms. The van der Waals surface area contributed by atoms with Crippen LogP contribution in [-0.4, -0.2) is 14.7 Å². The van der Waals surface area contributed by atoms with Crippen molar-refractivity contribution in [3.05, 3.63) is 58.1 Å². The van der Waals surface area contributed by atoms with Crippen LogP contribution >= 0.6 is 15.9 Å². The van der Waals surface area contributed by atoms with Crippen LogP contribution in [0.4, 0.5) is 14.5 Å². The zero-order chi connectivity index (χ0) is 15.6. The van der Waals surface area contributed by atoms with Crippen molar-refractivity contribution < 1.29 is 17.2 Å². The van der Waals surface area contributed by atoms with Gasteiger partial charge in [0.25, 0.3) is 0 Å². The van der Waals surface area contributed by atoms with Gasteiger partial charge in [0.05, 0.1) is 9.37 Å². The molecule has 0 amide bonds. The molecule has 2 aromatic carbocycles. The summed E-state index contributed by atoms with van der Waals surface area (Å²) in [6.07, 6.45) is 1.11. The number of sulfone groups is 1. The molecule has 0 aliphatic carbocycles. The lowest BCUT2D eigenvalue weighted by molar-refractivity contribution is 0.555. The van der Waals surface area contributed by atoms with Crippen molar-refractivity contribution in [1.29, 1.82) is 0 Å². The van der Waals surface area contributed by atoms with Gasteiger partial charge in [0.2, 0.25) is 0 Å². The van der Waals surface area contributed by atoms with Gasteiger partial charge in [-0.25, -0.2) is 17.2 Å². The van der Waals surface area contributed by atoms with Gasteiger partial charge < -0.3 is 5.32 Å². The first-order valence-electron chi connectivity index (χ1n) is 5.95. The number of hydrogen-bond acceptors (Lipinski definition) is 3. The van der Waals surface area contributed by atoms with Crippen LogP contribution in [0.15, 0.2) is 45.8 Å². The standard InChI is InChI=1S/C14H12BrF2NO2S/c1-21(19,20)10-4-2-9(3-5-10)18-8-11-13(16)7-6-12(15)14(11)17/h2-7,18H,8H2,1H3. The third kappa shape index (κ3) is 3.79. The van der Waals surface area contributed by atoms with Gasteiger partial charge in [-0.3, -0.25) is 0 Å². The molecule has 0 saturated carbocycles.